The molecule has 0 aliphatic heterocycles. The highest BCUT2D eigenvalue weighted by atomic mass is 16.5. The van der Waals surface area contributed by atoms with Gasteiger partial charge in [-0.15, -0.1) is 0 Å². The molecule has 0 aliphatic carbocycles. The topological polar surface area (TPSA) is 59.6 Å². The molecule has 0 unspecified atom stereocenters. The van der Waals surface area contributed by atoms with Crippen LogP contribution >= 0.6 is 0 Å². The molecular formula is C10H22N2O3. The summed E-state index contributed by atoms with van der Waals surface area (Å²) in [5.41, 5.74) is 0. The molecule has 0 radical (unpaired) electrons. The van der Waals surface area contributed by atoms with Crippen molar-refractivity contribution in [3.63, 3.8) is 0 Å². The maximum absolute atomic E-state index is 11.1. The van der Waals surface area contributed by atoms with Crippen molar-refractivity contribution in [3.05, 3.63) is 0 Å². The van der Waals surface area contributed by atoms with Crippen molar-refractivity contribution in [2.75, 3.05) is 46.6 Å². The number of hydrogen-bond donors (Lipinski definition) is 2. The van der Waals surface area contributed by atoms with Crippen molar-refractivity contribution in [3.8, 4) is 0 Å². The summed E-state index contributed by atoms with van der Waals surface area (Å²) in [6.07, 6.45) is 0.936. The molecule has 5 heteroatoms. The van der Waals surface area contributed by atoms with Crippen LogP contribution < -0.4 is 10.6 Å². The summed E-state index contributed by atoms with van der Waals surface area (Å²) >= 11 is 0. The summed E-state index contributed by atoms with van der Waals surface area (Å²) < 4.78 is 9.95. The summed E-state index contributed by atoms with van der Waals surface area (Å²) in [4.78, 5) is 11.1. The molecule has 0 bridgehead atoms. The average Bonchev–Trinajstić information content (AvgIpc) is 2.23. The lowest BCUT2D eigenvalue weighted by Gasteiger charge is -2.06. The van der Waals surface area contributed by atoms with Gasteiger partial charge in [0.1, 0.15) is 6.61 Å². The van der Waals surface area contributed by atoms with Crippen LogP contribution in [0.3, 0.4) is 0 Å². The molecule has 0 aromatic rings. The minimum absolute atomic E-state index is 0.0583. The van der Waals surface area contributed by atoms with E-state index >= 15 is 0 Å². The van der Waals surface area contributed by atoms with Crippen LogP contribution in [0.2, 0.25) is 0 Å². The van der Waals surface area contributed by atoms with Crippen molar-refractivity contribution in [2.45, 2.75) is 13.3 Å². The lowest BCUT2D eigenvalue weighted by atomic mass is 10.5. The van der Waals surface area contributed by atoms with Gasteiger partial charge in [-0.25, -0.2) is 0 Å². The third kappa shape index (κ3) is 11.3. The van der Waals surface area contributed by atoms with Crippen LogP contribution in [0.1, 0.15) is 13.3 Å². The van der Waals surface area contributed by atoms with Gasteiger partial charge < -0.3 is 20.1 Å². The molecule has 0 rings (SSSR count). The number of carbonyl (C=O) groups is 1. The molecule has 15 heavy (non-hydrogen) atoms. The quantitative estimate of drug-likeness (QED) is 0.497. The molecule has 0 aromatic carbocycles. The van der Waals surface area contributed by atoms with E-state index in [9.17, 15) is 4.79 Å². The Morgan fingerprint density at radius 3 is 2.67 bits per heavy atom. The molecule has 0 saturated carbocycles. The van der Waals surface area contributed by atoms with E-state index in [0.717, 1.165) is 19.5 Å². The second kappa shape index (κ2) is 11.4. The van der Waals surface area contributed by atoms with Gasteiger partial charge in [0.15, 0.2) is 0 Å². The van der Waals surface area contributed by atoms with E-state index in [1.54, 1.807) is 7.11 Å². The number of rotatable bonds is 10. The van der Waals surface area contributed by atoms with E-state index in [-0.39, 0.29) is 12.5 Å². The third-order valence-electron chi connectivity index (χ3n) is 1.69. The van der Waals surface area contributed by atoms with E-state index in [4.69, 9.17) is 9.47 Å². The van der Waals surface area contributed by atoms with E-state index in [1.807, 2.05) is 6.92 Å². The van der Waals surface area contributed by atoms with Gasteiger partial charge in [-0.3, -0.25) is 4.79 Å². The van der Waals surface area contributed by atoms with Gasteiger partial charge in [0.05, 0.1) is 6.61 Å². The van der Waals surface area contributed by atoms with Gasteiger partial charge in [0, 0.05) is 33.4 Å². The van der Waals surface area contributed by atoms with Crippen LogP contribution in [0.25, 0.3) is 0 Å². The molecule has 0 fully saturated rings. The highest BCUT2D eigenvalue weighted by molar-refractivity contribution is 5.77. The highest BCUT2D eigenvalue weighted by Gasteiger charge is 1.98. The fraction of sp³-hybridized carbons (Fsp3) is 0.900. The summed E-state index contributed by atoms with van der Waals surface area (Å²) in [6.45, 7) is 5.68. The molecule has 2 N–H and O–H groups in total. The minimum atomic E-state index is -0.0583. The van der Waals surface area contributed by atoms with Crippen molar-refractivity contribution < 1.29 is 14.3 Å². The van der Waals surface area contributed by atoms with Crippen molar-refractivity contribution in [2.24, 2.45) is 0 Å². The first-order valence-corrected chi connectivity index (χ1v) is 5.35. The zero-order valence-electron chi connectivity index (χ0n) is 9.67. The van der Waals surface area contributed by atoms with Crippen LogP contribution in [0.15, 0.2) is 0 Å². The van der Waals surface area contributed by atoms with Crippen LogP contribution in [0.5, 0.6) is 0 Å². The van der Waals surface area contributed by atoms with Crippen molar-refractivity contribution >= 4 is 5.91 Å². The zero-order valence-corrected chi connectivity index (χ0v) is 9.67. The van der Waals surface area contributed by atoms with Crippen molar-refractivity contribution in [1.29, 1.82) is 0 Å². The summed E-state index contributed by atoms with van der Waals surface area (Å²) in [6, 6.07) is 0. The smallest absolute Gasteiger partial charge is 0.246 e. The Morgan fingerprint density at radius 1 is 1.20 bits per heavy atom. The number of nitrogens with one attached hydrogen (secondary N) is 2. The molecule has 0 aliphatic rings. The maximum Gasteiger partial charge on any atom is 0.246 e. The zero-order chi connectivity index (χ0) is 11.4. The van der Waals surface area contributed by atoms with E-state index in [2.05, 4.69) is 10.6 Å². The largest absolute Gasteiger partial charge is 0.383 e. The number of ether oxygens (including phenoxy) is 2. The highest BCUT2D eigenvalue weighted by Crippen LogP contribution is 1.79. The molecule has 1 amide bonds. The summed E-state index contributed by atoms with van der Waals surface area (Å²) in [7, 11) is 1.66. The predicted octanol–water partition coefficient (Wildman–Crippen LogP) is -0.235. The van der Waals surface area contributed by atoms with Gasteiger partial charge in [0.2, 0.25) is 5.91 Å². The van der Waals surface area contributed by atoms with Crippen molar-refractivity contribution in [1.82, 2.24) is 10.6 Å². The van der Waals surface area contributed by atoms with Gasteiger partial charge >= 0.3 is 0 Å². The van der Waals surface area contributed by atoms with Crippen LogP contribution in [0, 0.1) is 0 Å². The van der Waals surface area contributed by atoms with E-state index in [1.165, 1.54) is 0 Å². The van der Waals surface area contributed by atoms with Crippen LogP contribution in [-0.4, -0.2) is 52.5 Å². The van der Waals surface area contributed by atoms with E-state index < -0.39 is 0 Å². The average molecular weight is 218 g/mol. The first-order valence-electron chi connectivity index (χ1n) is 5.35. The second-order valence-electron chi connectivity index (χ2n) is 3.15. The Morgan fingerprint density at radius 2 is 2.00 bits per heavy atom. The second-order valence-corrected chi connectivity index (χ2v) is 3.15. The van der Waals surface area contributed by atoms with Gasteiger partial charge in [-0.05, 0) is 6.42 Å². The Hall–Kier alpha value is -0.650. The lowest BCUT2D eigenvalue weighted by Crippen LogP contribution is -2.35. The molecule has 0 heterocycles. The maximum atomic E-state index is 11.1. The number of carbonyl (C=O) groups excluding carboxylic acids is 1. The lowest BCUT2D eigenvalue weighted by molar-refractivity contribution is -0.125. The van der Waals surface area contributed by atoms with Gasteiger partial charge in [-0.2, -0.15) is 0 Å². The molecule has 0 saturated heterocycles. The standard InChI is InChI=1S/C10H22N2O3/c1-3-7-15-9-10(13)12-5-4-11-6-8-14-2/h11H,3-9H2,1-2H3,(H,12,13). The van der Waals surface area contributed by atoms with Crippen LogP contribution in [0.4, 0.5) is 0 Å². The number of hydrogen-bond acceptors (Lipinski definition) is 4. The summed E-state index contributed by atoms with van der Waals surface area (Å²) in [5, 5.41) is 5.88. The van der Waals surface area contributed by atoms with Gasteiger partial charge in [0.25, 0.3) is 0 Å². The van der Waals surface area contributed by atoms with Crippen LogP contribution in [-0.2, 0) is 14.3 Å². The fourth-order valence-corrected chi connectivity index (χ4v) is 0.950. The fourth-order valence-electron chi connectivity index (χ4n) is 0.950. The molecule has 0 spiro atoms. The first kappa shape index (κ1) is 14.3. The third-order valence-corrected chi connectivity index (χ3v) is 1.69. The molecule has 5 nitrogen and oxygen atoms in total. The predicted molar refractivity (Wildman–Crippen MR) is 58.9 cm³/mol. The molecule has 0 aromatic heterocycles. The Balaban J connectivity index is 3.10. The normalized spacial score (nSPS) is 10.3. The Kier molecular flexibility index (Phi) is 10.9. The van der Waals surface area contributed by atoms with Gasteiger partial charge in [-0.1, -0.05) is 6.92 Å². The SMILES string of the molecule is CCCOCC(=O)NCCNCCOC. The minimum Gasteiger partial charge on any atom is -0.383 e. The number of methoxy groups -OCH3 is 1. The monoisotopic (exact) mass is 218 g/mol. The molecule has 90 valence electrons. The Bertz CT molecular complexity index is 154. The Labute approximate surface area is 91.5 Å². The number of amides is 1. The molecule has 0 atom stereocenters. The first-order chi connectivity index (χ1) is 7.31. The summed E-state index contributed by atoms with van der Waals surface area (Å²) in [5.74, 6) is -0.0583. The van der Waals surface area contributed by atoms with E-state index in [0.29, 0.717) is 19.8 Å². The molecular weight excluding hydrogens is 196 g/mol.